The van der Waals surface area contributed by atoms with Crippen LogP contribution in [0.15, 0.2) is 0 Å². The number of nitrogens with zero attached hydrogens (tertiary/aromatic N) is 1. The second-order valence-electron chi connectivity index (χ2n) is 13.6. The monoisotopic (exact) mass is 664 g/mol. The normalized spacial score (nSPS) is 13.8. The highest BCUT2D eigenvalue weighted by molar-refractivity contribution is 7.47. The van der Waals surface area contributed by atoms with E-state index in [9.17, 15) is 19.0 Å². The van der Waals surface area contributed by atoms with Crippen molar-refractivity contribution in [1.82, 2.24) is 0 Å². The minimum atomic E-state index is -4.35. The Morgan fingerprint density at radius 1 is 0.600 bits per heavy atom. The van der Waals surface area contributed by atoms with Crippen molar-refractivity contribution in [3.8, 4) is 0 Å². The molecule has 0 rings (SSSR count). The van der Waals surface area contributed by atoms with Gasteiger partial charge >= 0.3 is 19.8 Å². The summed E-state index contributed by atoms with van der Waals surface area (Å²) >= 11 is 0. The number of likely N-dealkylation sites (N-methyl/N-ethyl adjacent to an activating group) is 1. The van der Waals surface area contributed by atoms with E-state index in [1.54, 1.807) is 0 Å². The van der Waals surface area contributed by atoms with Crippen molar-refractivity contribution in [3.05, 3.63) is 0 Å². The van der Waals surface area contributed by atoms with E-state index in [4.69, 9.17) is 18.5 Å². The summed E-state index contributed by atoms with van der Waals surface area (Å²) in [6.07, 6.45) is 24.4. The molecule has 0 radical (unpaired) electrons. The fourth-order valence-corrected chi connectivity index (χ4v) is 5.70. The number of hydrogen-bond acceptors (Lipinski definition) is 7. The summed E-state index contributed by atoms with van der Waals surface area (Å²) in [5, 5.41) is 0. The van der Waals surface area contributed by atoms with Gasteiger partial charge in [-0.2, -0.15) is 0 Å². The SMILES string of the molecule is CCCCCCCCCCCCCCCC(=O)OC(COC(=O)CCCCCCCCCC)COP(=O)(O)OCC[N+](C)(C)C. The van der Waals surface area contributed by atoms with E-state index >= 15 is 0 Å². The summed E-state index contributed by atoms with van der Waals surface area (Å²) in [7, 11) is 1.49. The molecule has 9 nitrogen and oxygen atoms in total. The molecule has 0 saturated carbocycles. The molecule has 0 aromatic rings. The summed E-state index contributed by atoms with van der Waals surface area (Å²) in [6, 6.07) is 0. The lowest BCUT2D eigenvalue weighted by Crippen LogP contribution is -2.37. The third-order valence-electron chi connectivity index (χ3n) is 7.89. The maximum atomic E-state index is 12.6. The van der Waals surface area contributed by atoms with Gasteiger partial charge in [0.1, 0.15) is 19.8 Å². The number of phosphoric ester groups is 1. The molecule has 45 heavy (non-hydrogen) atoms. The van der Waals surface area contributed by atoms with Crippen LogP contribution >= 0.6 is 7.82 Å². The highest BCUT2D eigenvalue weighted by Crippen LogP contribution is 2.43. The molecule has 2 atom stereocenters. The Balaban J connectivity index is 4.43. The predicted molar refractivity (Wildman–Crippen MR) is 183 cm³/mol. The minimum Gasteiger partial charge on any atom is -0.462 e. The van der Waals surface area contributed by atoms with Crippen LogP contribution in [0.25, 0.3) is 0 Å². The third kappa shape index (κ3) is 32.7. The molecule has 0 amide bonds. The number of carbonyl (C=O) groups excluding carboxylic acids is 2. The lowest BCUT2D eigenvalue weighted by atomic mass is 10.0. The van der Waals surface area contributed by atoms with Crippen molar-refractivity contribution in [2.24, 2.45) is 0 Å². The Bertz CT molecular complexity index is 758. The van der Waals surface area contributed by atoms with E-state index in [-0.39, 0.29) is 25.6 Å². The number of carbonyl (C=O) groups is 2. The molecular weight excluding hydrogens is 593 g/mol. The van der Waals surface area contributed by atoms with Crippen LogP contribution in [0, 0.1) is 0 Å². The van der Waals surface area contributed by atoms with Crippen LogP contribution in [-0.2, 0) is 32.7 Å². The zero-order valence-corrected chi connectivity index (χ0v) is 30.8. The molecule has 0 heterocycles. The van der Waals surface area contributed by atoms with Gasteiger partial charge in [-0.3, -0.25) is 18.6 Å². The topological polar surface area (TPSA) is 108 Å². The van der Waals surface area contributed by atoms with Crippen LogP contribution in [0.4, 0.5) is 0 Å². The Morgan fingerprint density at radius 2 is 1.00 bits per heavy atom. The predicted octanol–water partition coefficient (Wildman–Crippen LogP) is 9.29. The van der Waals surface area contributed by atoms with Crippen molar-refractivity contribution in [1.29, 1.82) is 0 Å². The second-order valence-corrected chi connectivity index (χ2v) is 15.1. The Morgan fingerprint density at radius 3 is 1.42 bits per heavy atom. The summed E-state index contributed by atoms with van der Waals surface area (Å²) < 4.78 is 34.0. The maximum absolute atomic E-state index is 12.6. The number of hydrogen-bond donors (Lipinski definition) is 1. The van der Waals surface area contributed by atoms with E-state index in [1.165, 1.54) is 96.3 Å². The molecule has 1 N–H and O–H groups in total. The molecule has 268 valence electrons. The summed E-state index contributed by atoms with van der Waals surface area (Å²) in [5.74, 6) is -0.797. The van der Waals surface area contributed by atoms with Gasteiger partial charge in [0, 0.05) is 12.8 Å². The number of quaternary nitrogens is 1. The molecule has 0 saturated heterocycles. The number of rotatable bonds is 33. The minimum absolute atomic E-state index is 0.0361. The zero-order valence-electron chi connectivity index (χ0n) is 29.9. The van der Waals surface area contributed by atoms with E-state index in [2.05, 4.69) is 13.8 Å². The largest absolute Gasteiger partial charge is 0.472 e. The van der Waals surface area contributed by atoms with Crippen LogP contribution in [-0.4, -0.2) is 74.9 Å². The van der Waals surface area contributed by atoms with Gasteiger partial charge in [-0.25, -0.2) is 4.57 Å². The van der Waals surface area contributed by atoms with Gasteiger partial charge in [0.05, 0.1) is 27.7 Å². The van der Waals surface area contributed by atoms with Crippen molar-refractivity contribution in [3.63, 3.8) is 0 Å². The van der Waals surface area contributed by atoms with Gasteiger partial charge < -0.3 is 18.9 Å². The van der Waals surface area contributed by atoms with Crippen LogP contribution in [0.3, 0.4) is 0 Å². The first-order valence-corrected chi connectivity index (χ1v) is 19.8. The van der Waals surface area contributed by atoms with Crippen LogP contribution in [0.5, 0.6) is 0 Å². The lowest BCUT2D eigenvalue weighted by molar-refractivity contribution is -0.870. The highest BCUT2D eigenvalue weighted by atomic mass is 31.2. The molecule has 10 heteroatoms. The first kappa shape index (κ1) is 44.0. The van der Waals surface area contributed by atoms with Gasteiger partial charge in [-0.15, -0.1) is 0 Å². The summed E-state index contributed by atoms with van der Waals surface area (Å²) in [5.41, 5.74) is 0. The Kier molecular flexibility index (Phi) is 28.5. The van der Waals surface area contributed by atoms with Crippen molar-refractivity contribution >= 4 is 19.8 Å². The van der Waals surface area contributed by atoms with Gasteiger partial charge in [-0.05, 0) is 12.8 Å². The number of esters is 2. The van der Waals surface area contributed by atoms with Crippen LogP contribution in [0.1, 0.15) is 162 Å². The van der Waals surface area contributed by atoms with Gasteiger partial charge in [0.2, 0.25) is 0 Å². The molecule has 0 bridgehead atoms. The molecular formula is C35H71NO8P+. The van der Waals surface area contributed by atoms with E-state index in [1.807, 2.05) is 21.1 Å². The molecule has 0 fully saturated rings. The second kappa shape index (κ2) is 29.2. The molecule has 0 spiro atoms. The first-order chi connectivity index (χ1) is 21.5. The van der Waals surface area contributed by atoms with Crippen molar-refractivity contribution in [2.75, 3.05) is 47.5 Å². The molecule has 0 aromatic heterocycles. The van der Waals surface area contributed by atoms with Gasteiger partial charge in [-0.1, -0.05) is 136 Å². The molecule has 0 aromatic carbocycles. The van der Waals surface area contributed by atoms with Gasteiger partial charge in [0.25, 0.3) is 0 Å². The molecule has 0 aliphatic rings. The molecule has 0 aliphatic heterocycles. The average Bonchev–Trinajstić information content (AvgIpc) is 2.97. The lowest BCUT2D eigenvalue weighted by Gasteiger charge is -2.24. The van der Waals surface area contributed by atoms with Crippen molar-refractivity contribution in [2.45, 2.75) is 168 Å². The first-order valence-electron chi connectivity index (χ1n) is 18.3. The summed E-state index contributed by atoms with van der Waals surface area (Å²) in [6.45, 7) is 4.38. The number of phosphoric acid groups is 1. The van der Waals surface area contributed by atoms with E-state index in [0.29, 0.717) is 23.9 Å². The van der Waals surface area contributed by atoms with E-state index in [0.717, 1.165) is 32.1 Å². The van der Waals surface area contributed by atoms with Crippen LogP contribution < -0.4 is 0 Å². The zero-order chi connectivity index (χ0) is 33.7. The molecule has 0 aliphatic carbocycles. The fourth-order valence-electron chi connectivity index (χ4n) is 4.95. The number of unbranched alkanes of at least 4 members (excludes halogenated alkanes) is 19. The highest BCUT2D eigenvalue weighted by Gasteiger charge is 2.27. The van der Waals surface area contributed by atoms with Crippen LogP contribution in [0.2, 0.25) is 0 Å². The Labute approximate surface area is 276 Å². The van der Waals surface area contributed by atoms with Gasteiger partial charge in [0.15, 0.2) is 6.10 Å². The fraction of sp³-hybridized carbons (Fsp3) is 0.943. The molecule has 2 unspecified atom stereocenters. The quantitative estimate of drug-likeness (QED) is 0.0320. The average molecular weight is 665 g/mol. The Hall–Kier alpha value is -0.990. The van der Waals surface area contributed by atoms with Crippen molar-refractivity contribution < 1.29 is 42.1 Å². The number of ether oxygens (including phenoxy) is 2. The standard InChI is InChI=1S/C35H70NO8P/c1-6-8-10-12-14-16-17-18-19-20-22-24-26-28-35(38)44-33(32-43-45(39,40)42-30-29-36(3,4)5)31-41-34(37)27-25-23-21-15-13-11-9-7-2/h33H,6-32H2,1-5H3/p+1. The smallest absolute Gasteiger partial charge is 0.462 e. The summed E-state index contributed by atoms with van der Waals surface area (Å²) in [4.78, 5) is 35.0. The third-order valence-corrected chi connectivity index (χ3v) is 8.87. The maximum Gasteiger partial charge on any atom is 0.472 e. The van der Waals surface area contributed by atoms with E-state index < -0.39 is 26.5 Å².